The Morgan fingerprint density at radius 3 is 2.16 bits per heavy atom. The van der Waals surface area contributed by atoms with Gasteiger partial charge in [-0.25, -0.2) is 0 Å². The zero-order chi connectivity index (χ0) is 14.0. The summed E-state index contributed by atoms with van der Waals surface area (Å²) in [5.74, 6) is 0. The van der Waals surface area contributed by atoms with Gasteiger partial charge in [0.2, 0.25) is 0 Å². The summed E-state index contributed by atoms with van der Waals surface area (Å²) in [6.07, 6.45) is -5.52. The lowest BCUT2D eigenvalue weighted by Crippen LogP contribution is -2.07. The highest BCUT2D eigenvalue weighted by molar-refractivity contribution is 9.10. The van der Waals surface area contributed by atoms with Crippen LogP contribution in [0.15, 0.2) is 53.0 Å². The van der Waals surface area contributed by atoms with E-state index in [-0.39, 0.29) is 10.0 Å². The Morgan fingerprint density at radius 1 is 0.947 bits per heavy atom. The van der Waals surface area contributed by atoms with E-state index in [0.29, 0.717) is 5.56 Å². The minimum Gasteiger partial charge on any atom is -0.384 e. The van der Waals surface area contributed by atoms with Crippen molar-refractivity contribution in [3.63, 3.8) is 0 Å². The van der Waals surface area contributed by atoms with E-state index in [2.05, 4.69) is 15.9 Å². The average Bonchev–Trinajstić information content (AvgIpc) is 2.37. The quantitative estimate of drug-likeness (QED) is 0.856. The number of hydrogen-bond donors (Lipinski definition) is 1. The molecule has 0 radical (unpaired) electrons. The number of halogens is 4. The molecule has 1 atom stereocenters. The normalized spacial score (nSPS) is 13.3. The van der Waals surface area contributed by atoms with Gasteiger partial charge in [-0.05, 0) is 29.3 Å². The van der Waals surface area contributed by atoms with Crippen molar-refractivity contribution < 1.29 is 18.3 Å². The molecule has 0 heterocycles. The van der Waals surface area contributed by atoms with Crippen molar-refractivity contribution in [1.82, 2.24) is 0 Å². The van der Waals surface area contributed by atoms with Crippen molar-refractivity contribution in [2.45, 2.75) is 12.3 Å². The zero-order valence-electron chi connectivity index (χ0n) is 9.66. The van der Waals surface area contributed by atoms with Crippen LogP contribution in [0.2, 0.25) is 0 Å². The van der Waals surface area contributed by atoms with Crippen LogP contribution >= 0.6 is 15.9 Å². The topological polar surface area (TPSA) is 20.2 Å². The lowest BCUT2D eigenvalue weighted by molar-refractivity contribution is -0.137. The predicted octanol–water partition coefficient (Wildman–Crippen LogP) is 4.55. The molecule has 2 aromatic rings. The summed E-state index contributed by atoms with van der Waals surface area (Å²) >= 11 is 3.04. The Morgan fingerprint density at radius 2 is 1.58 bits per heavy atom. The van der Waals surface area contributed by atoms with Gasteiger partial charge >= 0.3 is 6.18 Å². The average molecular weight is 331 g/mol. The van der Waals surface area contributed by atoms with Crippen molar-refractivity contribution in [1.29, 1.82) is 0 Å². The fourth-order valence-corrected chi connectivity index (χ4v) is 2.27. The molecule has 0 saturated carbocycles. The van der Waals surface area contributed by atoms with Gasteiger partial charge in [-0.3, -0.25) is 0 Å². The van der Waals surface area contributed by atoms with Crippen LogP contribution in [0, 0.1) is 0 Å². The Balaban J connectivity index is 2.43. The summed E-state index contributed by atoms with van der Waals surface area (Å²) in [6, 6.07) is 12.0. The number of aliphatic hydroxyl groups is 1. The summed E-state index contributed by atoms with van der Waals surface area (Å²) in [5, 5.41) is 10.1. The van der Waals surface area contributed by atoms with Gasteiger partial charge in [-0.1, -0.05) is 46.3 Å². The lowest BCUT2D eigenvalue weighted by Gasteiger charge is -2.15. The van der Waals surface area contributed by atoms with Gasteiger partial charge in [0, 0.05) is 4.47 Å². The Hall–Kier alpha value is -1.33. The summed E-state index contributed by atoms with van der Waals surface area (Å²) in [5.41, 5.74) is -0.0338. The smallest absolute Gasteiger partial charge is 0.384 e. The number of benzene rings is 2. The molecule has 100 valence electrons. The van der Waals surface area contributed by atoms with Crippen molar-refractivity contribution >= 4 is 15.9 Å². The number of alkyl halides is 3. The molecule has 0 aliphatic rings. The fraction of sp³-hybridized carbons (Fsp3) is 0.143. The Bertz CT molecular complexity index is 567. The molecular formula is C14H10BrF3O. The van der Waals surface area contributed by atoms with Crippen molar-refractivity contribution in [3.8, 4) is 0 Å². The second kappa shape index (κ2) is 5.35. The molecule has 2 aromatic carbocycles. The SMILES string of the molecule is OC(c1ccccc1)c1cc(Br)cc(C(F)(F)F)c1. The summed E-state index contributed by atoms with van der Waals surface area (Å²) in [6.45, 7) is 0. The molecule has 1 nitrogen and oxygen atoms in total. The van der Waals surface area contributed by atoms with Crippen LogP contribution in [0.3, 0.4) is 0 Å². The minimum absolute atomic E-state index is 0.202. The number of aliphatic hydroxyl groups excluding tert-OH is 1. The molecule has 1 unspecified atom stereocenters. The molecular weight excluding hydrogens is 321 g/mol. The van der Waals surface area contributed by atoms with E-state index < -0.39 is 17.8 Å². The van der Waals surface area contributed by atoms with Crippen molar-refractivity contribution in [2.75, 3.05) is 0 Å². The van der Waals surface area contributed by atoms with Crippen molar-refractivity contribution in [2.24, 2.45) is 0 Å². The highest BCUT2D eigenvalue weighted by Gasteiger charge is 2.31. The van der Waals surface area contributed by atoms with Crippen LogP contribution in [0.4, 0.5) is 13.2 Å². The van der Waals surface area contributed by atoms with E-state index >= 15 is 0 Å². The van der Waals surface area contributed by atoms with E-state index in [4.69, 9.17) is 0 Å². The molecule has 5 heteroatoms. The van der Waals surface area contributed by atoms with E-state index in [0.717, 1.165) is 12.1 Å². The molecule has 0 amide bonds. The highest BCUT2D eigenvalue weighted by Crippen LogP contribution is 2.34. The summed E-state index contributed by atoms with van der Waals surface area (Å²) < 4.78 is 38.4. The van der Waals surface area contributed by atoms with E-state index in [9.17, 15) is 18.3 Å². The third-order valence-electron chi connectivity index (χ3n) is 2.68. The predicted molar refractivity (Wildman–Crippen MR) is 69.6 cm³/mol. The lowest BCUT2D eigenvalue weighted by atomic mass is 10.00. The second-order valence-corrected chi connectivity index (χ2v) is 5.00. The fourth-order valence-electron chi connectivity index (χ4n) is 1.76. The van der Waals surface area contributed by atoms with E-state index in [1.54, 1.807) is 30.3 Å². The molecule has 0 fully saturated rings. The minimum atomic E-state index is -4.44. The van der Waals surface area contributed by atoms with Gasteiger partial charge < -0.3 is 5.11 Å². The van der Waals surface area contributed by atoms with Gasteiger partial charge in [-0.15, -0.1) is 0 Å². The summed E-state index contributed by atoms with van der Waals surface area (Å²) in [7, 11) is 0. The third kappa shape index (κ3) is 3.36. The van der Waals surface area contributed by atoms with Crippen LogP contribution in [0.25, 0.3) is 0 Å². The standard InChI is InChI=1S/C14H10BrF3O/c15-12-7-10(6-11(8-12)14(16,17)18)13(19)9-4-2-1-3-5-9/h1-8,13,19H. The van der Waals surface area contributed by atoms with Gasteiger partial charge in [0.1, 0.15) is 6.10 Å². The highest BCUT2D eigenvalue weighted by atomic mass is 79.9. The van der Waals surface area contributed by atoms with Gasteiger partial charge in [0.15, 0.2) is 0 Å². The maximum Gasteiger partial charge on any atom is 0.416 e. The summed E-state index contributed by atoms with van der Waals surface area (Å²) in [4.78, 5) is 0. The molecule has 0 aromatic heterocycles. The molecule has 0 bridgehead atoms. The molecule has 1 N–H and O–H groups in total. The van der Waals surface area contributed by atoms with Crippen LogP contribution in [0.5, 0.6) is 0 Å². The van der Waals surface area contributed by atoms with E-state index in [1.807, 2.05) is 0 Å². The first-order chi connectivity index (χ1) is 8.88. The van der Waals surface area contributed by atoms with Crippen LogP contribution in [-0.4, -0.2) is 5.11 Å². The van der Waals surface area contributed by atoms with Crippen LogP contribution in [0.1, 0.15) is 22.8 Å². The van der Waals surface area contributed by atoms with Crippen LogP contribution in [-0.2, 0) is 6.18 Å². The number of rotatable bonds is 2. The zero-order valence-corrected chi connectivity index (χ0v) is 11.2. The van der Waals surface area contributed by atoms with Crippen molar-refractivity contribution in [3.05, 3.63) is 69.7 Å². The molecule has 0 spiro atoms. The first-order valence-electron chi connectivity index (χ1n) is 5.48. The second-order valence-electron chi connectivity index (χ2n) is 4.08. The maximum atomic E-state index is 12.7. The molecule has 2 rings (SSSR count). The van der Waals surface area contributed by atoms with Gasteiger partial charge in [0.25, 0.3) is 0 Å². The Labute approximate surface area is 116 Å². The first kappa shape index (κ1) is 14.1. The maximum absolute atomic E-state index is 12.7. The van der Waals surface area contributed by atoms with Gasteiger partial charge in [-0.2, -0.15) is 13.2 Å². The first-order valence-corrected chi connectivity index (χ1v) is 6.28. The molecule has 19 heavy (non-hydrogen) atoms. The van der Waals surface area contributed by atoms with E-state index in [1.165, 1.54) is 6.07 Å². The molecule has 0 aliphatic carbocycles. The third-order valence-corrected chi connectivity index (χ3v) is 3.14. The molecule has 0 aliphatic heterocycles. The van der Waals surface area contributed by atoms with Gasteiger partial charge in [0.05, 0.1) is 5.56 Å². The monoisotopic (exact) mass is 330 g/mol. The molecule has 0 saturated heterocycles. The Kier molecular flexibility index (Phi) is 3.96. The van der Waals surface area contributed by atoms with Crippen LogP contribution < -0.4 is 0 Å². The largest absolute Gasteiger partial charge is 0.416 e. The number of hydrogen-bond acceptors (Lipinski definition) is 1.